The van der Waals surface area contributed by atoms with Crippen LogP contribution in [0.25, 0.3) is 56.3 Å². The van der Waals surface area contributed by atoms with Crippen LogP contribution in [0.5, 0.6) is 0 Å². The van der Waals surface area contributed by atoms with Crippen LogP contribution in [0.15, 0.2) is 298 Å². The number of halogens is 7. The molecular formula is C104H113Cl7N24O2S5Sn. The van der Waals surface area contributed by atoms with Crippen molar-refractivity contribution in [3.63, 3.8) is 0 Å². The van der Waals surface area contributed by atoms with Crippen molar-refractivity contribution < 1.29 is 9.47 Å². The molecule has 0 radical (unpaired) electrons. The molecule has 5 aromatic carbocycles. The molecule has 143 heavy (non-hydrogen) atoms. The van der Waals surface area contributed by atoms with E-state index >= 15 is 0 Å². The fourth-order valence-electron chi connectivity index (χ4n) is 16.6. The number of thiol groups is 1. The van der Waals surface area contributed by atoms with E-state index < -0.39 is 18.4 Å². The number of benzene rings is 5. The molecule has 744 valence electrons. The van der Waals surface area contributed by atoms with Gasteiger partial charge in [-0.2, -0.15) is 0 Å². The van der Waals surface area contributed by atoms with Crippen LogP contribution in [0.4, 0.5) is 11.6 Å². The standard InChI is InChI=1S/2C23H25ClN6OS.C14H8Cl2N4S.C14H15ClN2S.C10H7ClN2S.C4H3ClN2.C4H3N2.3C4H9.Sn/c2*1-15-22(25)23(14-31-15)5-9-30(10-6-23)19-12-29-20(13-28-19)32-18-4-2-3-16(21(18)24)17-11-26-7-8-27-17;15-12-7-20-13(8-19-12)21-11-3-1-2-9(14(11)16)10-6-17-4-5-18-10;1-14(2,3)18-12-6-4-5-10(13(12)15)11-9-16-7-8-17-11;11-10-7(2-1-3-9(10)14)8-6-12-4-5-13-8;5-4-3-6-1-2-7-4;1-2-6-4-3-5-1;3*1-3-4-2;/h2*2-4,7-8,11-13,15,22H,5-6,9-10,14,25H2,1H3;1-8H;4-9H,1-3H3;1-6,14H;1-3H;1-3H;3*1,3-4H2,2H3;/t2*15-,22+;;;;;;;;;/m00........./s1. The third-order valence-corrected chi connectivity index (χ3v) is 47.0. The summed E-state index contributed by atoms with van der Waals surface area (Å²) in [6.07, 6.45) is 58.2. The quantitative estimate of drug-likeness (QED) is 0.0287. The first-order valence-electron chi connectivity index (χ1n) is 47.0. The molecule has 0 bridgehead atoms. The summed E-state index contributed by atoms with van der Waals surface area (Å²) in [5.74, 6) is 1.79. The molecule has 26 nitrogen and oxygen atoms in total. The second-order valence-electron chi connectivity index (χ2n) is 35.2. The monoisotopic (exact) mass is 2250 g/mol. The summed E-state index contributed by atoms with van der Waals surface area (Å²) < 4.78 is 17.6. The number of ether oxygens (including phenoxy) is 2. The van der Waals surface area contributed by atoms with Crippen LogP contribution < -0.4 is 25.0 Å². The zero-order valence-electron chi connectivity index (χ0n) is 80.5. The molecule has 10 aromatic heterocycles. The van der Waals surface area contributed by atoms with Crippen molar-refractivity contribution >= 4 is 175 Å². The van der Waals surface area contributed by atoms with Gasteiger partial charge in [-0.3, -0.25) is 54.8 Å². The van der Waals surface area contributed by atoms with E-state index in [-0.39, 0.29) is 39.9 Å². The summed E-state index contributed by atoms with van der Waals surface area (Å²) in [6, 6.07) is 29.3. The van der Waals surface area contributed by atoms with Gasteiger partial charge in [0, 0.05) is 180 Å². The third kappa shape index (κ3) is 31.5. The molecule has 0 saturated carbocycles. The van der Waals surface area contributed by atoms with E-state index in [0.717, 1.165) is 178 Å². The smallest absolute Gasteiger partial charge is 0.147 e. The first-order chi connectivity index (χ1) is 69.3. The Kier molecular flexibility index (Phi) is 43.2. The number of thioether (sulfide) groups is 1. The Hall–Kier alpha value is -9.08. The minimum absolute atomic E-state index is 0.101. The number of hydrogen-bond donors (Lipinski definition) is 3. The van der Waals surface area contributed by atoms with Crippen LogP contribution in [0, 0.1) is 10.8 Å². The number of hydrogen-bond acceptors (Lipinski definition) is 31. The van der Waals surface area contributed by atoms with Crippen molar-refractivity contribution in [2.45, 2.75) is 202 Å². The van der Waals surface area contributed by atoms with Crippen molar-refractivity contribution in [3.8, 4) is 56.3 Å². The van der Waals surface area contributed by atoms with Gasteiger partial charge in [0.05, 0.1) is 153 Å². The van der Waals surface area contributed by atoms with Crippen molar-refractivity contribution in [1.29, 1.82) is 0 Å². The molecule has 4 aliphatic heterocycles. The van der Waals surface area contributed by atoms with Gasteiger partial charge >= 0.3 is 123 Å². The molecule has 19 rings (SSSR count). The van der Waals surface area contributed by atoms with E-state index in [9.17, 15) is 0 Å². The van der Waals surface area contributed by atoms with Gasteiger partial charge in [-0.1, -0.05) is 198 Å². The van der Waals surface area contributed by atoms with Crippen LogP contribution >= 0.6 is 141 Å². The second kappa shape index (κ2) is 55.6. The molecule has 0 aliphatic carbocycles. The normalized spacial score (nSPS) is 16.0. The summed E-state index contributed by atoms with van der Waals surface area (Å²) >= 11 is 51.5. The number of unbranched alkanes of at least 4 members (excludes halogenated alkanes) is 3. The molecule has 4 saturated heterocycles. The van der Waals surface area contributed by atoms with Gasteiger partial charge in [-0.05, 0) is 69.9 Å². The Morgan fingerprint density at radius 2 is 0.678 bits per heavy atom. The predicted octanol–water partition coefficient (Wildman–Crippen LogP) is 26.0. The van der Waals surface area contributed by atoms with E-state index in [1.165, 1.54) is 103 Å². The minimum Gasteiger partial charge on any atom is -0.376 e. The Labute approximate surface area is 898 Å². The maximum absolute atomic E-state index is 6.66. The minimum atomic E-state index is -2.27. The fourth-order valence-corrected chi connectivity index (χ4v) is 37.1. The van der Waals surface area contributed by atoms with E-state index in [1.54, 1.807) is 123 Å². The SMILES string of the molecule is CC(C)(C)Sc1cccc(-c2cnccn2)c1Cl.CCC[CH2][Sn]([CH2]CCC)([CH2]CCC)[c]1cnccn1.C[C@@H]1OCC2(CCN(c3cnc(Sc4cccc(-c5cnccn5)c4Cl)cn3)CC2)[C@@H]1N.C[C@@H]1OCC2(CCN(c3cnc(Sc4cccc(-c5cnccn5)c4Cl)cn3)CC2)[C@@H]1N.Clc1cnc(Sc2cccc(-c3cnccn3)c2Cl)cn1.Clc1cnccn1.Sc1cccc(-c2cnccn2)c1Cl. The topological polar surface area (TPSA) is 335 Å². The third-order valence-electron chi connectivity index (χ3n) is 24.4. The van der Waals surface area contributed by atoms with Crippen LogP contribution in [-0.4, -0.2) is 186 Å². The van der Waals surface area contributed by atoms with Crippen LogP contribution in [0.3, 0.4) is 0 Å². The van der Waals surface area contributed by atoms with Gasteiger partial charge in [-0.15, -0.1) is 24.4 Å². The van der Waals surface area contributed by atoms with Crippen LogP contribution in [0.1, 0.15) is 120 Å². The zero-order chi connectivity index (χ0) is 101. The fraction of sp³-hybridized carbons (Fsp3) is 0.327. The van der Waals surface area contributed by atoms with E-state index in [1.807, 2.05) is 128 Å². The summed E-state index contributed by atoms with van der Waals surface area (Å²) in [5.41, 5.74) is 21.2. The van der Waals surface area contributed by atoms with Crippen molar-refractivity contribution in [2.24, 2.45) is 22.3 Å². The van der Waals surface area contributed by atoms with Crippen molar-refractivity contribution in [2.75, 3.05) is 49.2 Å². The van der Waals surface area contributed by atoms with E-state index in [2.05, 4.69) is 179 Å². The average Bonchev–Trinajstić information content (AvgIpc) is 1.64. The maximum Gasteiger partial charge on any atom is 0.147 e. The summed E-state index contributed by atoms with van der Waals surface area (Å²) in [5, 5.41) is 6.33. The van der Waals surface area contributed by atoms with Gasteiger partial charge in [0.15, 0.2) is 0 Å². The largest absolute Gasteiger partial charge is 0.376 e. The first-order valence-corrected chi connectivity index (χ1v) is 60.8. The number of anilines is 2. The molecule has 4 atom stereocenters. The molecule has 0 unspecified atom stereocenters. The molecule has 4 aliphatic rings. The zero-order valence-corrected chi connectivity index (χ0v) is 92.8. The first kappa shape index (κ1) is 111. The van der Waals surface area contributed by atoms with E-state index in [4.69, 9.17) is 107 Å². The molecular weight excluding hydrogens is 2140 g/mol. The van der Waals surface area contributed by atoms with Crippen LogP contribution in [-0.2, 0) is 9.47 Å². The summed E-state index contributed by atoms with van der Waals surface area (Å²) in [6.45, 7) is 22.8. The number of aromatic nitrogens is 20. The predicted molar refractivity (Wildman–Crippen MR) is 587 cm³/mol. The van der Waals surface area contributed by atoms with Crippen LogP contribution in [0.2, 0.25) is 48.7 Å². The van der Waals surface area contributed by atoms with Gasteiger partial charge in [0.25, 0.3) is 0 Å². The summed E-state index contributed by atoms with van der Waals surface area (Å²) in [4.78, 5) is 94.2. The molecule has 15 aromatic rings. The number of rotatable bonds is 24. The number of nitrogens with zero attached hydrogens (tertiary/aromatic N) is 22. The van der Waals surface area contributed by atoms with Gasteiger partial charge in [-0.25, -0.2) is 34.9 Å². The molecule has 14 heterocycles. The van der Waals surface area contributed by atoms with Crippen molar-refractivity contribution in [1.82, 2.24) is 99.7 Å². The van der Waals surface area contributed by atoms with E-state index in [0.29, 0.717) is 30.4 Å². The molecule has 4 N–H and O–H groups in total. The maximum atomic E-state index is 6.66. The number of nitrogens with two attached hydrogens (primary N) is 2. The second-order valence-corrected chi connectivity index (χ2v) is 56.4. The number of piperidine rings is 2. The molecule has 0 amide bonds. The Morgan fingerprint density at radius 3 is 0.958 bits per heavy atom. The van der Waals surface area contributed by atoms with Gasteiger partial charge in [0.1, 0.15) is 37.0 Å². The Morgan fingerprint density at radius 1 is 0.364 bits per heavy atom. The molecule has 39 heteroatoms. The Bertz CT molecular complexity index is 6220. The summed E-state index contributed by atoms with van der Waals surface area (Å²) in [7, 11) is 0. The van der Waals surface area contributed by atoms with Gasteiger partial charge < -0.3 is 30.7 Å². The average molecular weight is 2260 g/mol. The van der Waals surface area contributed by atoms with Gasteiger partial charge in [0.2, 0.25) is 0 Å². The Balaban J connectivity index is 0.000000145. The molecule has 2 spiro atoms. The van der Waals surface area contributed by atoms with Crippen molar-refractivity contribution in [3.05, 3.63) is 294 Å². The molecule has 4 fully saturated rings.